The molecule has 0 aliphatic rings. The summed E-state index contributed by atoms with van der Waals surface area (Å²) < 4.78 is 0. The van der Waals surface area contributed by atoms with Gasteiger partial charge in [0.15, 0.2) is 0 Å². The second-order valence-corrected chi connectivity index (χ2v) is 5.68. The molecule has 2 aromatic rings. The number of hydrogen-bond acceptors (Lipinski definition) is 3. The van der Waals surface area contributed by atoms with Crippen molar-refractivity contribution in [2.24, 2.45) is 5.92 Å². The van der Waals surface area contributed by atoms with Crippen LogP contribution in [0.5, 0.6) is 0 Å². The molecule has 0 aliphatic heterocycles. The van der Waals surface area contributed by atoms with Crippen molar-refractivity contribution >= 4 is 22.8 Å². The second-order valence-electron chi connectivity index (χ2n) is 4.69. The van der Waals surface area contributed by atoms with E-state index in [2.05, 4.69) is 0 Å². The molecule has 0 saturated carbocycles. The van der Waals surface area contributed by atoms with Gasteiger partial charge < -0.3 is 5.11 Å². The molecule has 0 unspecified atom stereocenters. The zero-order valence-corrected chi connectivity index (χ0v) is 12.3. The Labute approximate surface area is 128 Å². The van der Waals surface area contributed by atoms with Crippen LogP contribution >= 0.6 is 11.8 Å². The first-order valence-corrected chi connectivity index (χ1v) is 7.64. The van der Waals surface area contributed by atoms with Crippen molar-refractivity contribution in [2.75, 3.05) is 5.75 Å². The van der Waals surface area contributed by atoms with Crippen LogP contribution in [-0.4, -0.2) is 21.9 Å². The van der Waals surface area contributed by atoms with Crippen LogP contribution in [0.4, 0.5) is 0 Å². The summed E-state index contributed by atoms with van der Waals surface area (Å²) in [5.41, 5.74) is 1.57. The number of rotatable bonds is 6. The van der Waals surface area contributed by atoms with E-state index in [0.717, 1.165) is 17.3 Å². The molecular formula is C17H16O3S. The molecule has 0 aromatic heterocycles. The molecule has 21 heavy (non-hydrogen) atoms. The van der Waals surface area contributed by atoms with E-state index >= 15 is 0 Å². The Balaban J connectivity index is 1.95. The van der Waals surface area contributed by atoms with Crippen LogP contribution in [0.3, 0.4) is 0 Å². The maximum atomic E-state index is 12.0. The van der Waals surface area contributed by atoms with Gasteiger partial charge >= 0.3 is 5.97 Å². The molecule has 0 aliphatic carbocycles. The van der Waals surface area contributed by atoms with Crippen LogP contribution in [0.25, 0.3) is 0 Å². The average Bonchev–Trinajstić information content (AvgIpc) is 2.52. The number of carbonyl (C=O) groups is 2. The highest BCUT2D eigenvalue weighted by molar-refractivity contribution is 8.14. The topological polar surface area (TPSA) is 54.4 Å². The van der Waals surface area contributed by atoms with Gasteiger partial charge in [-0.1, -0.05) is 72.4 Å². The molecule has 1 N–H and O–H groups in total. The molecule has 2 aromatic carbocycles. The lowest BCUT2D eigenvalue weighted by Crippen LogP contribution is -2.20. The van der Waals surface area contributed by atoms with E-state index in [1.165, 1.54) is 0 Å². The first-order chi connectivity index (χ1) is 10.2. The molecule has 0 radical (unpaired) electrons. The third-order valence-corrected chi connectivity index (χ3v) is 4.17. The highest BCUT2D eigenvalue weighted by Crippen LogP contribution is 2.19. The molecule has 0 fully saturated rings. The normalized spacial score (nSPS) is 11.8. The van der Waals surface area contributed by atoms with Crippen molar-refractivity contribution in [3.8, 4) is 0 Å². The third-order valence-electron chi connectivity index (χ3n) is 3.10. The van der Waals surface area contributed by atoms with Crippen molar-refractivity contribution < 1.29 is 14.7 Å². The summed E-state index contributed by atoms with van der Waals surface area (Å²) in [6, 6.07) is 18.4. The predicted molar refractivity (Wildman–Crippen MR) is 84.5 cm³/mol. The zero-order valence-electron chi connectivity index (χ0n) is 11.4. The Morgan fingerprint density at radius 2 is 1.52 bits per heavy atom. The van der Waals surface area contributed by atoms with E-state index in [-0.39, 0.29) is 10.9 Å². The van der Waals surface area contributed by atoms with Gasteiger partial charge in [0.05, 0.1) is 5.92 Å². The number of carboxylic acids is 1. The first kappa shape index (κ1) is 15.3. The monoisotopic (exact) mass is 300 g/mol. The number of aliphatic carboxylic acids is 1. The van der Waals surface area contributed by atoms with Gasteiger partial charge in [-0.25, -0.2) is 0 Å². The van der Waals surface area contributed by atoms with E-state index in [1.54, 1.807) is 24.3 Å². The molecule has 0 bridgehead atoms. The lowest BCUT2D eigenvalue weighted by Gasteiger charge is -2.11. The Kier molecular flexibility index (Phi) is 5.58. The third kappa shape index (κ3) is 4.76. The number of carboxylic acid groups (broad SMARTS) is 1. The maximum absolute atomic E-state index is 12.0. The van der Waals surface area contributed by atoms with Gasteiger partial charge in [-0.2, -0.15) is 0 Å². The molecule has 0 saturated heterocycles. The smallest absolute Gasteiger partial charge is 0.307 e. The zero-order chi connectivity index (χ0) is 15.1. The lowest BCUT2D eigenvalue weighted by molar-refractivity contribution is -0.140. The predicted octanol–water partition coefficient (Wildman–Crippen LogP) is 3.50. The minimum absolute atomic E-state index is 0.0880. The molecular weight excluding hydrogens is 284 g/mol. The Morgan fingerprint density at radius 1 is 0.952 bits per heavy atom. The Bertz CT molecular complexity index is 596. The van der Waals surface area contributed by atoms with Crippen LogP contribution < -0.4 is 0 Å². The quantitative estimate of drug-likeness (QED) is 0.887. The number of thioether (sulfide) groups is 1. The van der Waals surface area contributed by atoms with Gasteiger partial charge in [0, 0.05) is 11.3 Å². The van der Waals surface area contributed by atoms with Crippen molar-refractivity contribution in [3.63, 3.8) is 0 Å². The fourth-order valence-electron chi connectivity index (χ4n) is 1.95. The molecule has 4 heteroatoms. The average molecular weight is 300 g/mol. The molecule has 1 atom stereocenters. The van der Waals surface area contributed by atoms with Gasteiger partial charge in [-0.3, -0.25) is 9.59 Å². The molecule has 0 spiro atoms. The van der Waals surface area contributed by atoms with Gasteiger partial charge in [0.25, 0.3) is 0 Å². The molecule has 3 nitrogen and oxygen atoms in total. The summed E-state index contributed by atoms with van der Waals surface area (Å²) >= 11 is 1.07. The minimum atomic E-state index is -0.868. The van der Waals surface area contributed by atoms with Crippen LogP contribution in [0.1, 0.15) is 15.9 Å². The van der Waals surface area contributed by atoms with Gasteiger partial charge in [0.1, 0.15) is 0 Å². The van der Waals surface area contributed by atoms with Crippen molar-refractivity contribution in [3.05, 3.63) is 71.8 Å². The van der Waals surface area contributed by atoms with Crippen molar-refractivity contribution in [1.82, 2.24) is 0 Å². The van der Waals surface area contributed by atoms with Crippen LogP contribution in [-0.2, 0) is 11.2 Å². The fraction of sp³-hybridized carbons (Fsp3) is 0.176. The molecule has 108 valence electrons. The summed E-state index contributed by atoms with van der Waals surface area (Å²) in [6.07, 6.45) is 0.436. The van der Waals surface area contributed by atoms with Crippen LogP contribution in [0, 0.1) is 5.92 Å². The summed E-state index contributed by atoms with van der Waals surface area (Å²) in [5, 5.41) is 9.21. The van der Waals surface area contributed by atoms with E-state index in [9.17, 15) is 14.7 Å². The number of benzene rings is 2. The second kappa shape index (κ2) is 7.64. The van der Waals surface area contributed by atoms with Crippen LogP contribution in [0.15, 0.2) is 60.7 Å². The van der Waals surface area contributed by atoms with Gasteiger partial charge in [-0.15, -0.1) is 0 Å². The SMILES string of the molecule is O=C(SC[C@@H](Cc1ccccc1)C(=O)O)c1ccccc1. The van der Waals surface area contributed by atoms with Crippen molar-refractivity contribution in [2.45, 2.75) is 6.42 Å². The van der Waals surface area contributed by atoms with Crippen LogP contribution in [0.2, 0.25) is 0 Å². The standard InChI is InChI=1S/C17H16O3S/c18-16(19)15(11-13-7-3-1-4-8-13)12-21-17(20)14-9-5-2-6-10-14/h1-10,15H,11-12H2,(H,18,19)/t15-/m1/s1. The first-order valence-electron chi connectivity index (χ1n) is 6.65. The van der Waals surface area contributed by atoms with Gasteiger partial charge in [0.2, 0.25) is 5.12 Å². The summed E-state index contributed by atoms with van der Waals surface area (Å²) in [5.74, 6) is -1.16. The number of carbonyl (C=O) groups excluding carboxylic acids is 1. The lowest BCUT2D eigenvalue weighted by atomic mass is 10.0. The molecule has 0 amide bonds. The maximum Gasteiger partial charge on any atom is 0.307 e. The Morgan fingerprint density at radius 3 is 2.10 bits per heavy atom. The molecule has 0 heterocycles. The van der Waals surface area contributed by atoms with E-state index in [1.807, 2.05) is 36.4 Å². The minimum Gasteiger partial charge on any atom is -0.481 e. The van der Waals surface area contributed by atoms with Gasteiger partial charge in [-0.05, 0) is 12.0 Å². The summed E-state index contributed by atoms with van der Waals surface area (Å²) in [4.78, 5) is 23.3. The highest BCUT2D eigenvalue weighted by atomic mass is 32.2. The van der Waals surface area contributed by atoms with E-state index < -0.39 is 11.9 Å². The highest BCUT2D eigenvalue weighted by Gasteiger charge is 2.20. The summed E-state index contributed by atoms with van der Waals surface area (Å²) in [7, 11) is 0. The summed E-state index contributed by atoms with van der Waals surface area (Å²) in [6.45, 7) is 0. The van der Waals surface area contributed by atoms with E-state index in [4.69, 9.17) is 0 Å². The number of hydrogen-bond donors (Lipinski definition) is 1. The molecule has 2 rings (SSSR count). The largest absolute Gasteiger partial charge is 0.481 e. The van der Waals surface area contributed by atoms with Crippen molar-refractivity contribution in [1.29, 1.82) is 0 Å². The van der Waals surface area contributed by atoms with E-state index in [0.29, 0.717) is 12.0 Å². The Hall–Kier alpha value is -2.07. The fourth-order valence-corrected chi connectivity index (χ4v) is 2.87.